The van der Waals surface area contributed by atoms with E-state index in [2.05, 4.69) is 77.7 Å². The van der Waals surface area contributed by atoms with E-state index in [1.807, 2.05) is 18.2 Å². The first-order chi connectivity index (χ1) is 10.4. The van der Waals surface area contributed by atoms with Gasteiger partial charge in [0.2, 0.25) is 0 Å². The summed E-state index contributed by atoms with van der Waals surface area (Å²) in [5.41, 5.74) is 3.83. The Morgan fingerprint density at radius 3 is 1.71 bits per heavy atom. The van der Waals surface area contributed by atoms with E-state index in [-0.39, 0.29) is 0 Å². The van der Waals surface area contributed by atoms with Crippen molar-refractivity contribution in [2.75, 3.05) is 4.90 Å². The second-order valence-electron chi connectivity index (χ2n) is 5.09. The van der Waals surface area contributed by atoms with Gasteiger partial charge in [-0.05, 0) is 29.3 Å². The predicted octanol–water partition coefficient (Wildman–Crippen LogP) is 4.69. The van der Waals surface area contributed by atoms with Crippen LogP contribution in [0, 0.1) is 6.07 Å². The van der Waals surface area contributed by atoms with E-state index >= 15 is 0 Å². The molecule has 0 aliphatic carbocycles. The maximum atomic E-state index is 3.17. The van der Waals surface area contributed by atoms with Crippen molar-refractivity contribution >= 4 is 5.69 Å². The Balaban J connectivity index is 1.84. The molecule has 0 N–H and O–H groups in total. The van der Waals surface area contributed by atoms with E-state index in [1.54, 1.807) is 0 Å². The van der Waals surface area contributed by atoms with Crippen LogP contribution in [0.15, 0.2) is 84.9 Å². The smallest absolute Gasteiger partial charge is 0.0433 e. The zero-order valence-corrected chi connectivity index (χ0v) is 11.9. The standard InChI is InChI=1S/C20H18N/c1-4-10-18(11-5-1)16-21(20-14-8-3-9-15-20)17-19-12-6-2-7-13-19/h1-8,10-15H,16-17H2. The van der Waals surface area contributed by atoms with Gasteiger partial charge in [0.25, 0.3) is 0 Å². The third-order valence-electron chi connectivity index (χ3n) is 3.49. The minimum Gasteiger partial charge on any atom is -0.363 e. The number of benzene rings is 3. The molecule has 0 amide bonds. The van der Waals surface area contributed by atoms with Crippen molar-refractivity contribution in [2.45, 2.75) is 13.1 Å². The highest BCUT2D eigenvalue weighted by molar-refractivity contribution is 5.47. The Bertz CT molecular complexity index is 606. The first-order valence-corrected chi connectivity index (χ1v) is 7.21. The van der Waals surface area contributed by atoms with Crippen molar-refractivity contribution in [2.24, 2.45) is 0 Å². The lowest BCUT2D eigenvalue weighted by Gasteiger charge is -2.25. The lowest BCUT2D eigenvalue weighted by Crippen LogP contribution is -2.21. The summed E-state index contributed by atoms with van der Waals surface area (Å²) in [6.45, 7) is 1.79. The second-order valence-corrected chi connectivity index (χ2v) is 5.09. The number of hydrogen-bond donors (Lipinski definition) is 0. The minimum atomic E-state index is 0.896. The summed E-state index contributed by atoms with van der Waals surface area (Å²) in [7, 11) is 0. The van der Waals surface area contributed by atoms with Gasteiger partial charge < -0.3 is 4.90 Å². The highest BCUT2D eigenvalue weighted by Gasteiger charge is 2.07. The van der Waals surface area contributed by atoms with Gasteiger partial charge in [-0.2, -0.15) is 0 Å². The minimum absolute atomic E-state index is 0.896. The molecule has 3 aromatic carbocycles. The monoisotopic (exact) mass is 272 g/mol. The van der Waals surface area contributed by atoms with Crippen LogP contribution >= 0.6 is 0 Å². The summed E-state index contributed by atoms with van der Waals surface area (Å²) >= 11 is 0. The summed E-state index contributed by atoms with van der Waals surface area (Å²) in [4.78, 5) is 2.38. The van der Waals surface area contributed by atoms with Crippen molar-refractivity contribution in [3.63, 3.8) is 0 Å². The van der Waals surface area contributed by atoms with Gasteiger partial charge in [-0.25, -0.2) is 0 Å². The van der Waals surface area contributed by atoms with Gasteiger partial charge >= 0.3 is 0 Å². The average molecular weight is 272 g/mol. The molecule has 0 bridgehead atoms. The molecule has 103 valence electrons. The summed E-state index contributed by atoms with van der Waals surface area (Å²) in [6, 6.07) is 32.5. The van der Waals surface area contributed by atoms with Crippen LogP contribution < -0.4 is 4.90 Å². The maximum Gasteiger partial charge on any atom is 0.0433 e. The molecule has 0 saturated heterocycles. The molecular weight excluding hydrogens is 254 g/mol. The largest absolute Gasteiger partial charge is 0.363 e. The number of rotatable bonds is 5. The molecule has 0 saturated carbocycles. The van der Waals surface area contributed by atoms with Crippen molar-refractivity contribution in [3.05, 3.63) is 102 Å². The van der Waals surface area contributed by atoms with Gasteiger partial charge in [-0.3, -0.25) is 0 Å². The fourth-order valence-corrected chi connectivity index (χ4v) is 2.43. The molecule has 0 spiro atoms. The molecular formula is C20H18N. The topological polar surface area (TPSA) is 3.24 Å². The second kappa shape index (κ2) is 6.76. The molecule has 1 radical (unpaired) electrons. The van der Waals surface area contributed by atoms with E-state index < -0.39 is 0 Å². The van der Waals surface area contributed by atoms with Crippen molar-refractivity contribution in [3.8, 4) is 0 Å². The van der Waals surface area contributed by atoms with Crippen LogP contribution in [0.5, 0.6) is 0 Å². The molecule has 0 fully saturated rings. The maximum absolute atomic E-state index is 3.17. The molecule has 0 atom stereocenters. The van der Waals surface area contributed by atoms with Gasteiger partial charge in [0, 0.05) is 18.8 Å². The fraction of sp³-hybridized carbons (Fsp3) is 0.100. The number of anilines is 1. The highest BCUT2D eigenvalue weighted by Crippen LogP contribution is 2.19. The Morgan fingerprint density at radius 2 is 1.24 bits per heavy atom. The van der Waals surface area contributed by atoms with Crippen molar-refractivity contribution in [1.82, 2.24) is 0 Å². The van der Waals surface area contributed by atoms with Crippen LogP contribution in [0.3, 0.4) is 0 Å². The lowest BCUT2D eigenvalue weighted by molar-refractivity contribution is 0.800. The van der Waals surface area contributed by atoms with Gasteiger partial charge in [0.15, 0.2) is 0 Å². The van der Waals surface area contributed by atoms with Crippen LogP contribution in [0.2, 0.25) is 0 Å². The van der Waals surface area contributed by atoms with Crippen LogP contribution in [0.4, 0.5) is 5.69 Å². The molecule has 21 heavy (non-hydrogen) atoms. The van der Waals surface area contributed by atoms with E-state index in [1.165, 1.54) is 16.8 Å². The molecule has 0 unspecified atom stereocenters. The van der Waals surface area contributed by atoms with Gasteiger partial charge in [-0.15, -0.1) is 0 Å². The third-order valence-corrected chi connectivity index (χ3v) is 3.49. The van der Waals surface area contributed by atoms with Gasteiger partial charge in [-0.1, -0.05) is 72.8 Å². The lowest BCUT2D eigenvalue weighted by atomic mass is 10.1. The van der Waals surface area contributed by atoms with E-state index in [0.29, 0.717) is 0 Å². The normalized spacial score (nSPS) is 10.3. The number of hydrogen-bond acceptors (Lipinski definition) is 1. The van der Waals surface area contributed by atoms with E-state index in [4.69, 9.17) is 0 Å². The summed E-state index contributed by atoms with van der Waals surface area (Å²) in [5.74, 6) is 0. The average Bonchev–Trinajstić information content (AvgIpc) is 2.57. The van der Waals surface area contributed by atoms with Crippen molar-refractivity contribution < 1.29 is 0 Å². The molecule has 0 heterocycles. The SMILES string of the molecule is [c]1cccc(N(Cc2ccccc2)Cc2ccccc2)c1. The molecule has 0 aliphatic heterocycles. The first kappa shape index (κ1) is 13.4. The molecule has 3 aromatic rings. The Morgan fingerprint density at radius 1 is 0.667 bits per heavy atom. The Labute approximate surface area is 126 Å². The van der Waals surface area contributed by atoms with Crippen LogP contribution in [0.1, 0.15) is 11.1 Å². The highest BCUT2D eigenvalue weighted by atomic mass is 15.1. The number of nitrogens with zero attached hydrogens (tertiary/aromatic N) is 1. The van der Waals surface area contributed by atoms with Gasteiger partial charge in [0.05, 0.1) is 0 Å². The Kier molecular flexibility index (Phi) is 4.33. The van der Waals surface area contributed by atoms with E-state index in [9.17, 15) is 0 Å². The quantitative estimate of drug-likeness (QED) is 0.651. The molecule has 3 rings (SSSR count). The van der Waals surface area contributed by atoms with Crippen LogP contribution in [0.25, 0.3) is 0 Å². The summed E-state index contributed by atoms with van der Waals surface area (Å²) in [5, 5.41) is 0. The first-order valence-electron chi connectivity index (χ1n) is 7.21. The van der Waals surface area contributed by atoms with Gasteiger partial charge in [0.1, 0.15) is 0 Å². The molecule has 0 aromatic heterocycles. The van der Waals surface area contributed by atoms with Crippen molar-refractivity contribution in [1.29, 1.82) is 0 Å². The van der Waals surface area contributed by atoms with E-state index in [0.717, 1.165) is 13.1 Å². The van der Waals surface area contributed by atoms with Crippen LogP contribution in [-0.2, 0) is 13.1 Å². The van der Waals surface area contributed by atoms with Crippen LogP contribution in [-0.4, -0.2) is 0 Å². The predicted molar refractivity (Wildman–Crippen MR) is 88.0 cm³/mol. The summed E-state index contributed by atoms with van der Waals surface area (Å²) < 4.78 is 0. The fourth-order valence-electron chi connectivity index (χ4n) is 2.43. The summed E-state index contributed by atoms with van der Waals surface area (Å²) in [6.07, 6.45) is 0. The third kappa shape index (κ3) is 3.73. The zero-order chi connectivity index (χ0) is 14.3. The molecule has 1 heteroatoms. The molecule has 0 aliphatic rings. The zero-order valence-electron chi connectivity index (χ0n) is 11.9. The molecule has 1 nitrogen and oxygen atoms in total. The Hall–Kier alpha value is -2.54.